The Balaban J connectivity index is 1.05. The van der Waals surface area contributed by atoms with Gasteiger partial charge in [-0.1, -0.05) is 31.5 Å². The molecule has 5 rings (SSSR count). The average Bonchev–Trinajstić information content (AvgIpc) is 3.59. The predicted octanol–water partition coefficient (Wildman–Crippen LogP) is 6.18. The molecule has 2 fully saturated rings. The summed E-state index contributed by atoms with van der Waals surface area (Å²) in [6.45, 7) is 13.9. The Labute approximate surface area is 311 Å². The SMILES string of the molecule is CC(C)[C@@H](OC(=O)C(C)(C)C)n1nnc(COC[C@@H](C)N[C@H]2CC[C@H](Nc3cc(-c4cccc(NCC5(C#N)CCOCC5)n4)c(Cl)cn3)CC2)n1. The number of carbonyl (C=O) groups excluding carboxylic acids is 1. The van der Waals surface area contributed by atoms with Gasteiger partial charge in [0.15, 0.2) is 0 Å². The molecule has 0 spiro atoms. The summed E-state index contributed by atoms with van der Waals surface area (Å²) in [5.74, 6) is 1.56. The number of nitrogens with zero attached hydrogens (tertiary/aromatic N) is 7. The number of tetrazole rings is 1. The van der Waals surface area contributed by atoms with Crippen LogP contribution >= 0.6 is 11.6 Å². The van der Waals surface area contributed by atoms with Gasteiger partial charge in [0.25, 0.3) is 0 Å². The third-order valence-corrected chi connectivity index (χ3v) is 9.78. The van der Waals surface area contributed by atoms with E-state index in [-0.39, 0.29) is 24.5 Å². The topological polar surface area (TPSA) is 174 Å². The first-order valence-electron chi connectivity index (χ1n) is 18.3. The average molecular weight is 737 g/mol. The molecule has 0 unspecified atom stereocenters. The molecule has 52 heavy (non-hydrogen) atoms. The van der Waals surface area contributed by atoms with Crippen molar-refractivity contribution in [1.82, 2.24) is 35.5 Å². The van der Waals surface area contributed by atoms with Crippen LogP contribution in [0.15, 0.2) is 30.5 Å². The van der Waals surface area contributed by atoms with E-state index in [1.54, 1.807) is 6.20 Å². The van der Waals surface area contributed by atoms with E-state index in [0.29, 0.717) is 68.0 Å². The minimum absolute atomic E-state index is 0.0282. The number of hydrogen-bond donors (Lipinski definition) is 3. The van der Waals surface area contributed by atoms with E-state index < -0.39 is 17.1 Å². The zero-order valence-electron chi connectivity index (χ0n) is 31.2. The van der Waals surface area contributed by atoms with Gasteiger partial charge in [-0.25, -0.2) is 9.97 Å². The molecule has 0 radical (unpaired) electrons. The number of anilines is 2. The van der Waals surface area contributed by atoms with E-state index in [1.807, 2.05) is 58.9 Å². The van der Waals surface area contributed by atoms with Gasteiger partial charge in [0.05, 0.1) is 34.2 Å². The van der Waals surface area contributed by atoms with E-state index in [9.17, 15) is 10.1 Å². The molecule has 1 saturated heterocycles. The Morgan fingerprint density at radius 2 is 1.87 bits per heavy atom. The van der Waals surface area contributed by atoms with E-state index in [0.717, 1.165) is 42.8 Å². The number of halogens is 1. The molecule has 0 bridgehead atoms. The number of esters is 1. The molecule has 3 aromatic rings. The molecular formula is C37H53ClN10O4. The van der Waals surface area contributed by atoms with Crippen molar-refractivity contribution in [3.05, 3.63) is 41.3 Å². The summed E-state index contributed by atoms with van der Waals surface area (Å²) in [7, 11) is 0. The number of carbonyl (C=O) groups is 1. The summed E-state index contributed by atoms with van der Waals surface area (Å²) in [6, 6.07) is 11.0. The number of ether oxygens (including phenoxy) is 3. The number of rotatable bonds is 15. The monoisotopic (exact) mass is 736 g/mol. The van der Waals surface area contributed by atoms with Crippen LogP contribution in [0.5, 0.6) is 0 Å². The highest BCUT2D eigenvalue weighted by Gasteiger charge is 2.33. The Morgan fingerprint density at radius 1 is 1.13 bits per heavy atom. The van der Waals surface area contributed by atoms with E-state index in [4.69, 9.17) is 30.8 Å². The van der Waals surface area contributed by atoms with Crippen LogP contribution < -0.4 is 16.0 Å². The molecule has 3 N–H and O–H groups in total. The zero-order chi connectivity index (χ0) is 37.3. The third kappa shape index (κ3) is 10.8. The third-order valence-electron chi connectivity index (χ3n) is 9.48. The van der Waals surface area contributed by atoms with Gasteiger partial charge < -0.3 is 30.2 Å². The molecule has 14 nitrogen and oxygen atoms in total. The summed E-state index contributed by atoms with van der Waals surface area (Å²) in [5.41, 5.74) is 0.462. The van der Waals surface area contributed by atoms with E-state index in [1.165, 1.54) is 4.80 Å². The van der Waals surface area contributed by atoms with Crippen molar-refractivity contribution in [2.45, 2.75) is 111 Å². The Kier molecular flexibility index (Phi) is 13.4. The molecule has 1 saturated carbocycles. The highest BCUT2D eigenvalue weighted by molar-refractivity contribution is 6.33. The first-order valence-corrected chi connectivity index (χ1v) is 18.7. The molecule has 2 aliphatic rings. The summed E-state index contributed by atoms with van der Waals surface area (Å²) < 4.78 is 17.1. The molecule has 2 atom stereocenters. The predicted molar refractivity (Wildman–Crippen MR) is 198 cm³/mol. The van der Waals surface area contributed by atoms with Gasteiger partial charge in [-0.05, 0) is 89.6 Å². The quantitative estimate of drug-likeness (QED) is 0.151. The van der Waals surface area contributed by atoms with Crippen LogP contribution in [0, 0.1) is 28.1 Å². The lowest BCUT2D eigenvalue weighted by atomic mass is 9.82. The lowest BCUT2D eigenvalue weighted by Crippen LogP contribution is -2.43. The maximum absolute atomic E-state index is 12.5. The van der Waals surface area contributed by atoms with Crippen LogP contribution in [0.2, 0.25) is 5.02 Å². The van der Waals surface area contributed by atoms with Gasteiger partial charge in [-0.2, -0.15) is 5.26 Å². The molecule has 282 valence electrons. The van der Waals surface area contributed by atoms with Crippen LogP contribution in [0.1, 0.15) is 92.1 Å². The normalized spacial score (nSPS) is 20.1. The van der Waals surface area contributed by atoms with Gasteiger partial charge in [0.1, 0.15) is 18.2 Å². The highest BCUT2D eigenvalue weighted by Crippen LogP contribution is 2.32. The molecule has 3 aromatic heterocycles. The van der Waals surface area contributed by atoms with Crippen LogP contribution in [0.3, 0.4) is 0 Å². The number of pyridine rings is 2. The lowest BCUT2D eigenvalue weighted by Gasteiger charge is -2.32. The van der Waals surface area contributed by atoms with Crippen molar-refractivity contribution in [3.8, 4) is 17.3 Å². The van der Waals surface area contributed by atoms with Crippen LogP contribution in [0.4, 0.5) is 11.6 Å². The van der Waals surface area contributed by atoms with Crippen LogP contribution in [-0.4, -0.2) is 80.6 Å². The standard InChI is InChI=1S/C37H53ClN10O4/c1-24(2)34(52-35(49)36(4,5)6)48-46-33(45-47-48)21-51-20-25(3)42-26-10-12-27(13-11-26)43-32-18-28(29(38)19-40-32)30-8-7-9-31(44-30)41-23-37(22-39)14-16-50-17-15-37/h7-9,18-19,24-27,34,42H,10-17,20-21,23H2,1-6H3,(H,40,43)(H,41,44)/t25-,26-,27-,34-/m1/s1. The number of aromatic nitrogens is 6. The van der Waals surface area contributed by atoms with E-state index in [2.05, 4.69) is 49.3 Å². The fourth-order valence-electron chi connectivity index (χ4n) is 6.30. The smallest absolute Gasteiger partial charge is 0.313 e. The molecule has 15 heteroatoms. The summed E-state index contributed by atoms with van der Waals surface area (Å²) in [6.07, 6.45) is 6.48. The first kappa shape index (κ1) is 39.3. The molecule has 1 aliphatic heterocycles. The Morgan fingerprint density at radius 3 is 2.56 bits per heavy atom. The number of hydrogen-bond acceptors (Lipinski definition) is 13. The van der Waals surface area contributed by atoms with Crippen molar-refractivity contribution < 1.29 is 19.0 Å². The van der Waals surface area contributed by atoms with Gasteiger partial charge in [-0.3, -0.25) is 4.79 Å². The van der Waals surface area contributed by atoms with Crippen molar-refractivity contribution in [2.24, 2.45) is 16.7 Å². The largest absolute Gasteiger partial charge is 0.437 e. The number of nitriles is 1. The molecule has 0 amide bonds. The summed E-state index contributed by atoms with van der Waals surface area (Å²) in [5, 5.41) is 33.7. The Bertz CT molecular complexity index is 1660. The second-order valence-electron chi connectivity index (χ2n) is 15.4. The first-order chi connectivity index (χ1) is 24.8. The second kappa shape index (κ2) is 17.7. The minimum atomic E-state index is -0.639. The molecule has 4 heterocycles. The zero-order valence-corrected chi connectivity index (χ0v) is 31.9. The van der Waals surface area contributed by atoms with Gasteiger partial charge >= 0.3 is 5.97 Å². The van der Waals surface area contributed by atoms with Gasteiger partial charge in [-0.15, -0.1) is 15.0 Å². The van der Waals surface area contributed by atoms with Crippen molar-refractivity contribution >= 4 is 29.2 Å². The van der Waals surface area contributed by atoms with E-state index >= 15 is 0 Å². The molecular weight excluding hydrogens is 684 g/mol. The van der Waals surface area contributed by atoms with Crippen LogP contribution in [-0.2, 0) is 25.6 Å². The van der Waals surface area contributed by atoms with Crippen molar-refractivity contribution in [2.75, 3.05) is 37.0 Å². The van der Waals surface area contributed by atoms with Gasteiger partial charge in [0, 0.05) is 55.6 Å². The Hall–Kier alpha value is -3.90. The molecule has 0 aromatic carbocycles. The van der Waals surface area contributed by atoms with Gasteiger partial charge in [0.2, 0.25) is 12.1 Å². The second-order valence-corrected chi connectivity index (χ2v) is 15.8. The number of nitrogens with one attached hydrogen (secondary N) is 3. The minimum Gasteiger partial charge on any atom is -0.437 e. The summed E-state index contributed by atoms with van der Waals surface area (Å²) >= 11 is 6.61. The van der Waals surface area contributed by atoms with Crippen molar-refractivity contribution in [3.63, 3.8) is 0 Å². The lowest BCUT2D eigenvalue weighted by molar-refractivity contribution is -0.169. The maximum atomic E-state index is 12.5. The highest BCUT2D eigenvalue weighted by atomic mass is 35.5. The van der Waals surface area contributed by atoms with Crippen LogP contribution in [0.25, 0.3) is 11.3 Å². The molecule has 1 aliphatic carbocycles. The fourth-order valence-corrected chi connectivity index (χ4v) is 6.50. The fraction of sp³-hybridized carbons (Fsp3) is 0.649. The maximum Gasteiger partial charge on any atom is 0.313 e. The van der Waals surface area contributed by atoms with Crippen molar-refractivity contribution in [1.29, 1.82) is 5.26 Å². The summed E-state index contributed by atoms with van der Waals surface area (Å²) in [4.78, 5) is 23.2.